The van der Waals surface area contributed by atoms with Gasteiger partial charge in [-0.15, -0.1) is 0 Å². The molecule has 3 heteroatoms. The van der Waals surface area contributed by atoms with E-state index in [2.05, 4.69) is 25.7 Å². The van der Waals surface area contributed by atoms with Gasteiger partial charge in [-0.05, 0) is 19.8 Å². The van der Waals surface area contributed by atoms with Crippen molar-refractivity contribution in [1.29, 1.82) is 0 Å². The Morgan fingerprint density at radius 1 is 1.05 bits per heavy atom. The molecule has 1 aliphatic heterocycles. The smallest absolute Gasteiger partial charge is 0.249 e. The molecule has 0 spiro atoms. The van der Waals surface area contributed by atoms with Crippen molar-refractivity contribution >= 4 is 5.91 Å². The minimum atomic E-state index is 0.0454. The molecule has 0 saturated carbocycles. The zero-order valence-corrected chi connectivity index (χ0v) is 13.7. The first-order valence-electron chi connectivity index (χ1n) is 8.52. The molecule has 1 fully saturated rings. The monoisotopic (exact) mass is 283 g/mol. The number of morpholine rings is 1. The van der Waals surface area contributed by atoms with Gasteiger partial charge in [0.25, 0.3) is 0 Å². The molecule has 0 aromatic carbocycles. The molecule has 1 unspecified atom stereocenters. The second-order valence-electron chi connectivity index (χ2n) is 6.36. The van der Waals surface area contributed by atoms with Crippen molar-refractivity contribution in [2.75, 3.05) is 19.8 Å². The van der Waals surface area contributed by atoms with Gasteiger partial charge in [-0.25, -0.2) is 0 Å². The van der Waals surface area contributed by atoms with Gasteiger partial charge in [0.05, 0.1) is 6.61 Å². The van der Waals surface area contributed by atoms with Gasteiger partial charge in [0, 0.05) is 12.1 Å². The summed E-state index contributed by atoms with van der Waals surface area (Å²) >= 11 is 0. The van der Waals surface area contributed by atoms with Crippen LogP contribution in [0.5, 0.6) is 0 Å². The molecule has 1 rings (SSSR count). The number of amides is 1. The fourth-order valence-corrected chi connectivity index (χ4v) is 3.17. The molecule has 0 aliphatic carbocycles. The van der Waals surface area contributed by atoms with Crippen molar-refractivity contribution in [2.24, 2.45) is 0 Å². The summed E-state index contributed by atoms with van der Waals surface area (Å²) in [6.45, 7) is 8.51. The number of nitrogens with zero attached hydrogens (tertiary/aromatic N) is 1. The highest BCUT2D eigenvalue weighted by molar-refractivity contribution is 5.78. The molecule has 1 saturated heterocycles. The Morgan fingerprint density at radius 2 is 1.65 bits per heavy atom. The summed E-state index contributed by atoms with van der Waals surface area (Å²) in [6.07, 6.45) is 11.1. The Bertz CT molecular complexity index is 280. The Hall–Kier alpha value is -0.570. The molecule has 1 aliphatic rings. The van der Waals surface area contributed by atoms with Gasteiger partial charge >= 0.3 is 0 Å². The van der Waals surface area contributed by atoms with Crippen molar-refractivity contribution in [3.05, 3.63) is 0 Å². The van der Waals surface area contributed by atoms with E-state index in [1.165, 1.54) is 44.9 Å². The van der Waals surface area contributed by atoms with Crippen molar-refractivity contribution in [3.8, 4) is 0 Å². The molecule has 3 nitrogen and oxygen atoms in total. The molecule has 118 valence electrons. The van der Waals surface area contributed by atoms with Crippen LogP contribution in [-0.2, 0) is 9.53 Å². The van der Waals surface area contributed by atoms with E-state index in [0.717, 1.165) is 19.4 Å². The lowest BCUT2D eigenvalue weighted by Gasteiger charge is -2.44. The zero-order valence-electron chi connectivity index (χ0n) is 13.7. The van der Waals surface area contributed by atoms with E-state index in [0.29, 0.717) is 6.61 Å². The second-order valence-corrected chi connectivity index (χ2v) is 6.36. The van der Waals surface area contributed by atoms with Gasteiger partial charge in [0.1, 0.15) is 6.61 Å². The van der Waals surface area contributed by atoms with Crippen molar-refractivity contribution in [1.82, 2.24) is 4.90 Å². The van der Waals surface area contributed by atoms with Crippen molar-refractivity contribution in [2.45, 2.75) is 84.1 Å². The van der Waals surface area contributed by atoms with Crippen LogP contribution in [-0.4, -0.2) is 36.1 Å². The highest BCUT2D eigenvalue weighted by atomic mass is 16.5. The molecule has 0 aromatic heterocycles. The molecule has 1 amide bonds. The van der Waals surface area contributed by atoms with Crippen LogP contribution in [0.2, 0.25) is 0 Å². The Labute approximate surface area is 125 Å². The number of carbonyl (C=O) groups excluding carboxylic acids is 1. The Balaban J connectivity index is 2.58. The summed E-state index contributed by atoms with van der Waals surface area (Å²) in [4.78, 5) is 14.3. The van der Waals surface area contributed by atoms with Crippen LogP contribution in [0, 0.1) is 0 Å². The fourth-order valence-electron chi connectivity index (χ4n) is 3.17. The van der Waals surface area contributed by atoms with Gasteiger partial charge in [-0.1, -0.05) is 58.8 Å². The lowest BCUT2D eigenvalue weighted by Crippen LogP contribution is -2.54. The molecular formula is C17H33NO2. The molecule has 20 heavy (non-hydrogen) atoms. The maximum Gasteiger partial charge on any atom is 0.249 e. The maximum absolute atomic E-state index is 12.2. The van der Waals surface area contributed by atoms with E-state index in [-0.39, 0.29) is 18.1 Å². The van der Waals surface area contributed by atoms with Gasteiger partial charge in [0.15, 0.2) is 0 Å². The average Bonchev–Trinajstić information content (AvgIpc) is 2.44. The quantitative estimate of drug-likeness (QED) is 0.564. The summed E-state index contributed by atoms with van der Waals surface area (Å²) < 4.78 is 5.28. The molecule has 1 atom stereocenters. The third kappa shape index (κ3) is 5.43. The third-order valence-corrected chi connectivity index (χ3v) is 4.53. The Morgan fingerprint density at radius 3 is 2.25 bits per heavy atom. The summed E-state index contributed by atoms with van der Waals surface area (Å²) in [5.41, 5.74) is 0.0454. The molecule has 0 radical (unpaired) electrons. The van der Waals surface area contributed by atoms with Gasteiger partial charge in [-0.3, -0.25) is 4.79 Å². The summed E-state index contributed by atoms with van der Waals surface area (Å²) in [5.74, 6) is 0.186. The Kier molecular flexibility index (Phi) is 8.20. The van der Waals surface area contributed by atoms with E-state index in [4.69, 9.17) is 4.74 Å². The van der Waals surface area contributed by atoms with Gasteiger partial charge in [0.2, 0.25) is 5.91 Å². The number of hydrogen-bond donors (Lipinski definition) is 0. The highest BCUT2D eigenvalue weighted by Gasteiger charge is 2.35. The molecule has 0 aromatic rings. The van der Waals surface area contributed by atoms with Crippen molar-refractivity contribution < 1.29 is 9.53 Å². The third-order valence-electron chi connectivity index (χ3n) is 4.53. The zero-order chi connectivity index (χ0) is 14.8. The van der Waals surface area contributed by atoms with E-state index < -0.39 is 0 Å². The number of carbonyl (C=O) groups is 1. The number of unbranched alkanes of at least 4 members (excludes halogenated alkanes) is 5. The highest BCUT2D eigenvalue weighted by Crippen LogP contribution is 2.30. The number of rotatable bonds is 10. The van der Waals surface area contributed by atoms with E-state index in [1.54, 1.807) is 0 Å². The lowest BCUT2D eigenvalue weighted by molar-refractivity contribution is -0.151. The predicted molar refractivity (Wildman–Crippen MR) is 83.8 cm³/mol. The first kappa shape index (κ1) is 17.5. The topological polar surface area (TPSA) is 29.5 Å². The standard InChI is InChI=1S/C17H33NO2/c1-4-6-8-10-12-17(3,11-9-7-5-2)18-13-14-20-15-16(18)19/h4-15H2,1-3H3. The van der Waals surface area contributed by atoms with Crippen LogP contribution in [0.4, 0.5) is 0 Å². The average molecular weight is 283 g/mol. The lowest BCUT2D eigenvalue weighted by atomic mass is 9.86. The van der Waals surface area contributed by atoms with Crippen LogP contribution in [0.25, 0.3) is 0 Å². The van der Waals surface area contributed by atoms with Crippen LogP contribution in [0.15, 0.2) is 0 Å². The first-order valence-corrected chi connectivity index (χ1v) is 8.52. The molecular weight excluding hydrogens is 250 g/mol. The van der Waals surface area contributed by atoms with Crippen LogP contribution in [0.3, 0.4) is 0 Å². The molecule has 0 bridgehead atoms. The minimum absolute atomic E-state index is 0.0454. The summed E-state index contributed by atoms with van der Waals surface area (Å²) in [7, 11) is 0. The number of ether oxygens (including phenoxy) is 1. The SMILES string of the molecule is CCCCCCC(C)(CCCCC)N1CCOCC1=O. The first-order chi connectivity index (χ1) is 9.64. The van der Waals surface area contributed by atoms with Gasteiger partial charge < -0.3 is 9.64 Å². The second kappa shape index (κ2) is 9.38. The summed E-state index contributed by atoms with van der Waals surface area (Å²) in [6, 6.07) is 0. The fraction of sp³-hybridized carbons (Fsp3) is 0.941. The largest absolute Gasteiger partial charge is 0.370 e. The van der Waals surface area contributed by atoms with Crippen LogP contribution < -0.4 is 0 Å². The molecule has 0 N–H and O–H groups in total. The van der Waals surface area contributed by atoms with E-state index in [1.807, 2.05) is 0 Å². The van der Waals surface area contributed by atoms with Crippen molar-refractivity contribution in [3.63, 3.8) is 0 Å². The van der Waals surface area contributed by atoms with Crippen LogP contribution in [0.1, 0.15) is 78.6 Å². The maximum atomic E-state index is 12.2. The molecule has 1 heterocycles. The van der Waals surface area contributed by atoms with Crippen LogP contribution >= 0.6 is 0 Å². The van der Waals surface area contributed by atoms with Gasteiger partial charge in [-0.2, -0.15) is 0 Å². The normalized spacial score (nSPS) is 19.1. The minimum Gasteiger partial charge on any atom is -0.370 e. The number of hydrogen-bond acceptors (Lipinski definition) is 2. The van der Waals surface area contributed by atoms with E-state index in [9.17, 15) is 4.79 Å². The van der Waals surface area contributed by atoms with E-state index >= 15 is 0 Å². The summed E-state index contributed by atoms with van der Waals surface area (Å²) in [5, 5.41) is 0. The predicted octanol–water partition coefficient (Wildman–Crippen LogP) is 4.15.